The summed E-state index contributed by atoms with van der Waals surface area (Å²) in [5, 5.41) is 23.0. The molecule has 3 heterocycles. The van der Waals surface area contributed by atoms with Gasteiger partial charge in [-0.2, -0.15) is 5.10 Å². The summed E-state index contributed by atoms with van der Waals surface area (Å²) in [5.74, 6) is 0.673. The highest BCUT2D eigenvalue weighted by Crippen LogP contribution is 2.38. The Morgan fingerprint density at radius 2 is 2.00 bits per heavy atom. The molecule has 1 atom stereocenters. The second-order valence-corrected chi connectivity index (χ2v) is 8.21. The number of rotatable bonds is 5. The van der Waals surface area contributed by atoms with Crippen molar-refractivity contribution in [1.29, 1.82) is 0 Å². The molecule has 3 aromatic rings. The number of carbonyl (C=O) groups excluding carboxylic acids is 1. The molecule has 0 bridgehead atoms. The van der Waals surface area contributed by atoms with Gasteiger partial charge in [-0.25, -0.2) is 0 Å². The van der Waals surface area contributed by atoms with Crippen LogP contribution >= 0.6 is 11.3 Å². The normalized spacial score (nSPS) is 15.4. The van der Waals surface area contributed by atoms with Crippen molar-refractivity contribution in [3.63, 3.8) is 0 Å². The third-order valence-corrected chi connectivity index (χ3v) is 6.45. The number of fused-ring (bicyclic) bond motifs is 1. The molecule has 0 radical (unpaired) electrons. The van der Waals surface area contributed by atoms with E-state index in [1.165, 1.54) is 11.3 Å². The van der Waals surface area contributed by atoms with E-state index in [-0.39, 0.29) is 11.9 Å². The van der Waals surface area contributed by atoms with Crippen molar-refractivity contribution >= 4 is 33.1 Å². The number of aliphatic hydroxyl groups is 1. The molecule has 2 aromatic heterocycles. The van der Waals surface area contributed by atoms with E-state index in [0.717, 1.165) is 16.6 Å². The Kier molecular flexibility index (Phi) is 5.12. The predicted octanol–water partition coefficient (Wildman–Crippen LogP) is 2.00. The number of aromatic nitrogens is 2. The zero-order valence-corrected chi connectivity index (χ0v) is 17.3. The van der Waals surface area contributed by atoms with Crippen LogP contribution in [0.4, 0.5) is 5.69 Å². The molecule has 1 aliphatic heterocycles. The van der Waals surface area contributed by atoms with E-state index in [4.69, 9.17) is 10.5 Å². The lowest BCUT2D eigenvalue weighted by molar-refractivity contribution is 0.0407. The maximum Gasteiger partial charge on any atom is 0.253 e. The van der Waals surface area contributed by atoms with Crippen molar-refractivity contribution in [2.75, 3.05) is 25.9 Å². The molecule has 1 saturated heterocycles. The SMILES string of the molecule is COc1ccc(C(=O)N2CC(NC(O)c3sc4nnc(C)c(C)c4c3N)C2)cc1. The second-order valence-electron chi connectivity index (χ2n) is 7.18. The summed E-state index contributed by atoms with van der Waals surface area (Å²) in [7, 11) is 1.59. The first-order valence-electron chi connectivity index (χ1n) is 9.28. The average Bonchev–Trinajstić information content (AvgIpc) is 3.04. The van der Waals surface area contributed by atoms with Gasteiger partial charge in [0, 0.05) is 30.1 Å². The van der Waals surface area contributed by atoms with Crippen LogP contribution in [0.3, 0.4) is 0 Å². The van der Waals surface area contributed by atoms with Crippen LogP contribution in [-0.2, 0) is 0 Å². The van der Waals surface area contributed by atoms with Gasteiger partial charge in [0.25, 0.3) is 5.91 Å². The van der Waals surface area contributed by atoms with Crippen LogP contribution in [0.15, 0.2) is 24.3 Å². The number of aliphatic hydroxyl groups excluding tert-OH is 1. The number of nitrogens with zero attached hydrogens (tertiary/aromatic N) is 3. The summed E-state index contributed by atoms with van der Waals surface area (Å²) in [6, 6.07) is 7.03. The lowest BCUT2D eigenvalue weighted by Crippen LogP contribution is -2.60. The smallest absolute Gasteiger partial charge is 0.253 e. The van der Waals surface area contributed by atoms with E-state index in [9.17, 15) is 9.90 Å². The maximum absolute atomic E-state index is 12.5. The predicted molar refractivity (Wildman–Crippen MR) is 112 cm³/mol. The zero-order chi connectivity index (χ0) is 20.7. The van der Waals surface area contributed by atoms with Crippen LogP contribution in [0.5, 0.6) is 5.75 Å². The molecule has 8 nitrogen and oxygen atoms in total. The molecule has 0 saturated carbocycles. The lowest BCUT2D eigenvalue weighted by atomic mass is 10.1. The van der Waals surface area contributed by atoms with Crippen LogP contribution < -0.4 is 15.8 Å². The Balaban J connectivity index is 1.40. The van der Waals surface area contributed by atoms with Gasteiger partial charge in [-0.15, -0.1) is 16.4 Å². The number of hydrogen-bond donors (Lipinski definition) is 3. The Morgan fingerprint density at radius 1 is 1.31 bits per heavy atom. The average molecular weight is 414 g/mol. The van der Waals surface area contributed by atoms with Gasteiger partial charge in [-0.05, 0) is 43.7 Å². The summed E-state index contributed by atoms with van der Waals surface area (Å²) < 4.78 is 5.12. The number of methoxy groups -OCH3 is 1. The molecule has 1 aromatic carbocycles. The van der Waals surface area contributed by atoms with Crippen molar-refractivity contribution in [2.24, 2.45) is 0 Å². The van der Waals surface area contributed by atoms with Gasteiger partial charge in [0.15, 0.2) is 0 Å². The first-order chi connectivity index (χ1) is 13.9. The highest BCUT2D eigenvalue weighted by Gasteiger charge is 2.33. The Hall–Kier alpha value is -2.75. The van der Waals surface area contributed by atoms with E-state index in [2.05, 4.69) is 15.5 Å². The molecule has 1 amide bonds. The minimum Gasteiger partial charge on any atom is -0.497 e. The van der Waals surface area contributed by atoms with Gasteiger partial charge in [0.05, 0.1) is 23.4 Å². The van der Waals surface area contributed by atoms with E-state index < -0.39 is 6.23 Å². The monoisotopic (exact) mass is 413 g/mol. The molecule has 4 N–H and O–H groups in total. The fourth-order valence-electron chi connectivity index (χ4n) is 3.43. The number of nitrogens with one attached hydrogen (secondary N) is 1. The number of carbonyl (C=O) groups is 1. The summed E-state index contributed by atoms with van der Waals surface area (Å²) >= 11 is 1.34. The summed E-state index contributed by atoms with van der Waals surface area (Å²) in [4.78, 5) is 15.6. The molecule has 4 rings (SSSR count). The van der Waals surface area contributed by atoms with Gasteiger partial charge in [0.2, 0.25) is 0 Å². The third kappa shape index (κ3) is 3.52. The molecule has 1 fully saturated rings. The fraction of sp³-hybridized carbons (Fsp3) is 0.350. The number of amides is 1. The molecule has 1 aliphatic rings. The van der Waals surface area contributed by atoms with Gasteiger partial charge in [0.1, 0.15) is 16.8 Å². The van der Waals surface area contributed by atoms with Gasteiger partial charge < -0.3 is 20.5 Å². The molecule has 29 heavy (non-hydrogen) atoms. The Bertz CT molecular complexity index is 1060. The standard InChI is InChI=1S/C20H23N5O3S/c1-10-11(2)23-24-19-15(10)16(21)17(29-19)18(26)22-13-8-25(9-13)20(27)12-4-6-14(28-3)7-5-12/h4-7,13,18,22,26H,8-9,21H2,1-3H3. The molecule has 0 spiro atoms. The third-order valence-electron chi connectivity index (χ3n) is 5.31. The lowest BCUT2D eigenvalue weighted by Gasteiger charge is -2.40. The van der Waals surface area contributed by atoms with Crippen molar-refractivity contribution in [2.45, 2.75) is 26.1 Å². The Labute approximate surface area is 172 Å². The zero-order valence-electron chi connectivity index (χ0n) is 16.5. The number of hydrogen-bond acceptors (Lipinski definition) is 8. The van der Waals surface area contributed by atoms with Crippen molar-refractivity contribution in [3.8, 4) is 5.75 Å². The second kappa shape index (κ2) is 7.58. The molecule has 0 aliphatic carbocycles. The van der Waals surface area contributed by atoms with Crippen LogP contribution in [0.25, 0.3) is 10.2 Å². The number of nitrogen functional groups attached to an aromatic ring is 1. The highest BCUT2D eigenvalue weighted by molar-refractivity contribution is 7.19. The van der Waals surface area contributed by atoms with Crippen molar-refractivity contribution in [1.82, 2.24) is 20.4 Å². The van der Waals surface area contributed by atoms with Crippen LogP contribution in [-0.4, -0.2) is 52.4 Å². The number of ether oxygens (including phenoxy) is 1. The first kappa shape index (κ1) is 19.6. The van der Waals surface area contributed by atoms with Crippen LogP contribution in [0, 0.1) is 13.8 Å². The van der Waals surface area contributed by atoms with E-state index >= 15 is 0 Å². The van der Waals surface area contributed by atoms with Gasteiger partial charge >= 0.3 is 0 Å². The molecular formula is C20H23N5O3S. The van der Waals surface area contributed by atoms with Gasteiger partial charge in [-0.1, -0.05) is 0 Å². The minimum atomic E-state index is -0.919. The summed E-state index contributed by atoms with van der Waals surface area (Å²) in [5.41, 5.74) is 9.23. The summed E-state index contributed by atoms with van der Waals surface area (Å²) in [6.07, 6.45) is -0.919. The van der Waals surface area contributed by atoms with E-state index in [1.807, 2.05) is 13.8 Å². The number of nitrogens with two attached hydrogens (primary N) is 1. The quantitative estimate of drug-likeness (QED) is 0.548. The first-order valence-corrected chi connectivity index (χ1v) is 10.1. The van der Waals surface area contributed by atoms with E-state index in [0.29, 0.717) is 39.8 Å². The molecule has 152 valence electrons. The highest BCUT2D eigenvalue weighted by atomic mass is 32.1. The fourth-order valence-corrected chi connectivity index (χ4v) is 4.47. The van der Waals surface area contributed by atoms with Crippen LogP contribution in [0.1, 0.15) is 32.7 Å². The maximum atomic E-state index is 12.5. The van der Waals surface area contributed by atoms with Crippen molar-refractivity contribution in [3.05, 3.63) is 46.0 Å². The van der Waals surface area contributed by atoms with Crippen molar-refractivity contribution < 1.29 is 14.6 Å². The number of benzene rings is 1. The number of aryl methyl sites for hydroxylation is 2. The molecule has 1 unspecified atom stereocenters. The summed E-state index contributed by atoms with van der Waals surface area (Å²) in [6.45, 7) is 4.87. The largest absolute Gasteiger partial charge is 0.497 e. The number of likely N-dealkylation sites (tertiary alicyclic amines) is 1. The minimum absolute atomic E-state index is 0.00859. The molecule has 9 heteroatoms. The van der Waals surface area contributed by atoms with Crippen LogP contribution in [0.2, 0.25) is 0 Å². The molecular weight excluding hydrogens is 390 g/mol. The van der Waals surface area contributed by atoms with E-state index in [1.54, 1.807) is 36.3 Å². The number of anilines is 1. The van der Waals surface area contributed by atoms with Gasteiger partial charge in [-0.3, -0.25) is 10.1 Å². The Morgan fingerprint density at radius 3 is 2.66 bits per heavy atom. The topological polar surface area (TPSA) is 114 Å². The number of thiophene rings is 1.